The van der Waals surface area contributed by atoms with E-state index in [0.717, 1.165) is 11.4 Å². The highest BCUT2D eigenvalue weighted by Gasteiger charge is 2.12. The van der Waals surface area contributed by atoms with Crippen LogP contribution in [0.2, 0.25) is 0 Å². The molecule has 1 heterocycles. The van der Waals surface area contributed by atoms with Crippen molar-refractivity contribution in [3.05, 3.63) is 5.01 Å². The first-order valence-electron chi connectivity index (χ1n) is 4.76. The zero-order chi connectivity index (χ0) is 11.4. The molecule has 1 aromatic rings. The van der Waals surface area contributed by atoms with Gasteiger partial charge in [0.2, 0.25) is 11.0 Å². The van der Waals surface area contributed by atoms with Crippen LogP contribution in [0, 0.1) is 5.92 Å². The fourth-order valence-electron chi connectivity index (χ4n) is 0.941. The minimum absolute atomic E-state index is 0.246. The van der Waals surface area contributed by atoms with Crippen LogP contribution in [0.1, 0.15) is 25.8 Å². The van der Waals surface area contributed by atoms with Gasteiger partial charge in [-0.1, -0.05) is 25.2 Å². The highest BCUT2D eigenvalue weighted by molar-refractivity contribution is 7.15. The number of nitrogens with zero attached hydrogens (tertiary/aromatic N) is 2. The molecule has 15 heavy (non-hydrogen) atoms. The lowest BCUT2D eigenvalue weighted by atomic mass is 10.1. The topological polar surface area (TPSA) is 54.9 Å². The maximum atomic E-state index is 11.2. The molecule has 0 saturated carbocycles. The van der Waals surface area contributed by atoms with E-state index < -0.39 is 5.38 Å². The Labute approximate surface area is 98.0 Å². The number of aromatic nitrogens is 2. The molecular weight excluding hydrogens is 234 g/mol. The fourth-order valence-corrected chi connectivity index (χ4v) is 1.95. The van der Waals surface area contributed by atoms with Gasteiger partial charge in [0, 0.05) is 6.42 Å². The lowest BCUT2D eigenvalue weighted by Gasteiger charge is -2.01. The summed E-state index contributed by atoms with van der Waals surface area (Å²) in [5, 5.41) is 11.4. The Morgan fingerprint density at radius 3 is 2.67 bits per heavy atom. The Kier molecular flexibility index (Phi) is 4.47. The fraction of sp³-hybridized carbons (Fsp3) is 0.667. The lowest BCUT2D eigenvalue weighted by molar-refractivity contribution is -0.115. The van der Waals surface area contributed by atoms with E-state index in [1.165, 1.54) is 11.3 Å². The van der Waals surface area contributed by atoms with Gasteiger partial charge in [-0.25, -0.2) is 0 Å². The second kappa shape index (κ2) is 5.42. The van der Waals surface area contributed by atoms with Crippen molar-refractivity contribution in [3.8, 4) is 0 Å². The van der Waals surface area contributed by atoms with Crippen LogP contribution in [0.3, 0.4) is 0 Å². The summed E-state index contributed by atoms with van der Waals surface area (Å²) in [5.74, 6) is 0.289. The number of halogens is 1. The van der Waals surface area contributed by atoms with E-state index in [4.69, 9.17) is 11.6 Å². The molecule has 1 atom stereocenters. The van der Waals surface area contributed by atoms with E-state index in [0.29, 0.717) is 11.0 Å². The van der Waals surface area contributed by atoms with Gasteiger partial charge in [0.1, 0.15) is 10.4 Å². The van der Waals surface area contributed by atoms with Crippen molar-refractivity contribution in [3.63, 3.8) is 0 Å². The van der Waals surface area contributed by atoms with Crippen LogP contribution in [0.25, 0.3) is 0 Å². The molecule has 1 rings (SSSR count). The first kappa shape index (κ1) is 12.4. The van der Waals surface area contributed by atoms with Crippen molar-refractivity contribution in [2.45, 2.75) is 32.6 Å². The minimum atomic E-state index is -0.553. The molecule has 4 nitrogen and oxygen atoms in total. The summed E-state index contributed by atoms with van der Waals surface area (Å²) in [6.07, 6.45) is 0.879. The Balaban J connectivity index is 2.56. The maximum Gasteiger partial charge on any atom is 0.243 e. The summed E-state index contributed by atoms with van der Waals surface area (Å²) in [5.41, 5.74) is 0. The Bertz CT molecular complexity index is 338. The monoisotopic (exact) mass is 247 g/mol. The lowest BCUT2D eigenvalue weighted by Crippen LogP contribution is -2.20. The second-order valence-corrected chi connectivity index (χ2v) is 5.42. The van der Waals surface area contributed by atoms with E-state index >= 15 is 0 Å². The molecule has 0 aliphatic rings. The van der Waals surface area contributed by atoms with Crippen LogP contribution in [0.5, 0.6) is 0 Å². The first-order chi connectivity index (χ1) is 6.99. The SMILES string of the molecule is CC(C)Cc1nnc(NC(=O)C(C)Cl)s1. The average molecular weight is 248 g/mol. The Hall–Kier alpha value is -0.680. The van der Waals surface area contributed by atoms with Gasteiger partial charge in [0.25, 0.3) is 0 Å². The predicted molar refractivity (Wildman–Crippen MR) is 62.4 cm³/mol. The summed E-state index contributed by atoms with van der Waals surface area (Å²) in [7, 11) is 0. The molecule has 0 saturated heterocycles. The van der Waals surface area contributed by atoms with E-state index in [1.54, 1.807) is 6.92 Å². The van der Waals surface area contributed by atoms with Crippen molar-refractivity contribution in [1.29, 1.82) is 0 Å². The molecule has 1 amide bonds. The van der Waals surface area contributed by atoms with Gasteiger partial charge < -0.3 is 0 Å². The van der Waals surface area contributed by atoms with Crippen molar-refractivity contribution in [1.82, 2.24) is 10.2 Å². The van der Waals surface area contributed by atoms with Gasteiger partial charge in [-0.15, -0.1) is 21.8 Å². The highest BCUT2D eigenvalue weighted by Crippen LogP contribution is 2.18. The molecule has 0 fully saturated rings. The molecule has 0 aromatic carbocycles. The van der Waals surface area contributed by atoms with Gasteiger partial charge in [0.05, 0.1) is 0 Å². The number of hydrogen-bond acceptors (Lipinski definition) is 4. The molecule has 6 heteroatoms. The normalized spacial score (nSPS) is 12.9. The van der Waals surface area contributed by atoms with Crippen LogP contribution in [0.4, 0.5) is 5.13 Å². The molecule has 1 N–H and O–H groups in total. The number of anilines is 1. The van der Waals surface area contributed by atoms with E-state index in [2.05, 4.69) is 29.4 Å². The number of amides is 1. The van der Waals surface area contributed by atoms with Gasteiger partial charge in [-0.2, -0.15) is 0 Å². The quantitative estimate of drug-likeness (QED) is 0.831. The minimum Gasteiger partial charge on any atom is -0.299 e. The molecule has 0 spiro atoms. The van der Waals surface area contributed by atoms with Crippen LogP contribution in [-0.2, 0) is 11.2 Å². The van der Waals surface area contributed by atoms with Crippen LogP contribution in [-0.4, -0.2) is 21.5 Å². The molecule has 1 unspecified atom stereocenters. The highest BCUT2D eigenvalue weighted by atomic mass is 35.5. The van der Waals surface area contributed by atoms with Gasteiger partial charge in [0.15, 0.2) is 0 Å². The smallest absolute Gasteiger partial charge is 0.243 e. The maximum absolute atomic E-state index is 11.2. The number of nitrogens with one attached hydrogen (secondary N) is 1. The van der Waals surface area contributed by atoms with Gasteiger partial charge in [-0.05, 0) is 12.8 Å². The van der Waals surface area contributed by atoms with Crippen molar-refractivity contribution in [2.75, 3.05) is 5.32 Å². The Morgan fingerprint density at radius 2 is 2.13 bits per heavy atom. The van der Waals surface area contributed by atoms with Crippen molar-refractivity contribution >= 4 is 34.0 Å². The number of alkyl halides is 1. The standard InChI is InChI=1S/C9H14ClN3OS/c1-5(2)4-7-12-13-9(15-7)11-8(14)6(3)10/h5-6H,4H2,1-3H3,(H,11,13,14). The van der Waals surface area contributed by atoms with Gasteiger partial charge in [-0.3, -0.25) is 10.1 Å². The molecule has 0 aliphatic heterocycles. The van der Waals surface area contributed by atoms with Gasteiger partial charge >= 0.3 is 0 Å². The molecule has 0 bridgehead atoms. The summed E-state index contributed by atoms with van der Waals surface area (Å²) >= 11 is 7.01. The number of rotatable bonds is 4. The summed E-state index contributed by atoms with van der Waals surface area (Å²) in [6.45, 7) is 5.84. The number of carbonyl (C=O) groups is 1. The third-order valence-electron chi connectivity index (χ3n) is 1.64. The zero-order valence-electron chi connectivity index (χ0n) is 8.95. The van der Waals surface area contributed by atoms with E-state index in [1.807, 2.05) is 0 Å². The van der Waals surface area contributed by atoms with Crippen LogP contribution < -0.4 is 5.32 Å². The van der Waals surface area contributed by atoms with Crippen LogP contribution in [0.15, 0.2) is 0 Å². The van der Waals surface area contributed by atoms with Crippen molar-refractivity contribution < 1.29 is 4.79 Å². The number of hydrogen-bond donors (Lipinski definition) is 1. The largest absolute Gasteiger partial charge is 0.299 e. The molecule has 1 aromatic heterocycles. The van der Waals surface area contributed by atoms with Crippen molar-refractivity contribution in [2.24, 2.45) is 5.92 Å². The third-order valence-corrected chi connectivity index (χ3v) is 2.70. The average Bonchev–Trinajstić information content (AvgIpc) is 2.51. The van der Waals surface area contributed by atoms with Crippen LogP contribution >= 0.6 is 22.9 Å². The molecular formula is C9H14ClN3OS. The summed E-state index contributed by atoms with van der Waals surface area (Å²) < 4.78 is 0. The third kappa shape index (κ3) is 4.13. The second-order valence-electron chi connectivity index (χ2n) is 3.70. The summed E-state index contributed by atoms with van der Waals surface area (Å²) in [4.78, 5) is 11.2. The van der Waals surface area contributed by atoms with E-state index in [-0.39, 0.29) is 5.91 Å². The molecule has 0 aliphatic carbocycles. The summed E-state index contributed by atoms with van der Waals surface area (Å²) in [6, 6.07) is 0. The molecule has 0 radical (unpaired) electrons. The predicted octanol–water partition coefficient (Wildman–Crippen LogP) is 2.30. The first-order valence-corrected chi connectivity index (χ1v) is 6.01. The van der Waals surface area contributed by atoms with E-state index in [9.17, 15) is 4.79 Å². The molecule has 84 valence electrons. The number of carbonyl (C=O) groups excluding carboxylic acids is 1. The Morgan fingerprint density at radius 1 is 1.47 bits per heavy atom. The zero-order valence-corrected chi connectivity index (χ0v) is 10.5.